The van der Waals surface area contributed by atoms with Gasteiger partial charge in [-0.05, 0) is 42.9 Å². The molecule has 2 fully saturated rings. The van der Waals surface area contributed by atoms with E-state index in [1.54, 1.807) is 0 Å². The molecule has 0 saturated heterocycles. The fourth-order valence-electron chi connectivity index (χ4n) is 3.45. The third-order valence-corrected chi connectivity index (χ3v) is 4.39. The van der Waals surface area contributed by atoms with E-state index in [1.165, 1.54) is 19.3 Å². The molecule has 11 heavy (non-hydrogen) atoms. The fraction of sp³-hybridized carbons (Fsp3) is 0.800. The fourth-order valence-corrected chi connectivity index (χ4v) is 3.95. The van der Waals surface area contributed by atoms with Gasteiger partial charge in [0.1, 0.15) is 0 Å². The Kier molecular flexibility index (Phi) is 1.21. The highest BCUT2D eigenvalue weighted by Gasteiger charge is 2.50. The topological polar surface area (TPSA) is 0 Å². The van der Waals surface area contributed by atoms with E-state index in [-0.39, 0.29) is 0 Å². The van der Waals surface area contributed by atoms with Crippen LogP contribution in [0.4, 0.5) is 0 Å². The standard InChI is InChI=1S/C10H13Cl/c11-9-4-3-8-6-1-2-7(5-6)10(8)9/h1-2,6-10H,3-5H2/t6-,7-,8-,9+,10+/m0/s1. The summed E-state index contributed by atoms with van der Waals surface area (Å²) in [4.78, 5) is 0. The molecule has 2 saturated carbocycles. The summed E-state index contributed by atoms with van der Waals surface area (Å²) < 4.78 is 0. The smallest absolute Gasteiger partial charge is 0.0372 e. The molecule has 0 radical (unpaired) electrons. The first-order chi connectivity index (χ1) is 5.36. The Labute approximate surface area is 72.6 Å². The molecule has 5 atom stereocenters. The van der Waals surface area contributed by atoms with Crippen molar-refractivity contribution in [3.05, 3.63) is 12.2 Å². The largest absolute Gasteiger partial charge is 0.123 e. The normalized spacial score (nSPS) is 58.8. The van der Waals surface area contributed by atoms with E-state index < -0.39 is 0 Å². The Hall–Kier alpha value is 0.0300. The highest BCUT2D eigenvalue weighted by atomic mass is 35.5. The Morgan fingerprint density at radius 1 is 1.09 bits per heavy atom. The molecule has 0 heterocycles. The minimum atomic E-state index is 0.500. The number of alkyl halides is 1. The predicted molar refractivity (Wildman–Crippen MR) is 46.6 cm³/mol. The Morgan fingerprint density at radius 2 is 1.91 bits per heavy atom. The van der Waals surface area contributed by atoms with Gasteiger partial charge >= 0.3 is 0 Å². The lowest BCUT2D eigenvalue weighted by Gasteiger charge is -2.21. The summed E-state index contributed by atoms with van der Waals surface area (Å²) in [5.74, 6) is 3.59. The zero-order chi connectivity index (χ0) is 7.42. The Morgan fingerprint density at radius 3 is 2.73 bits per heavy atom. The number of allylic oxidation sites excluding steroid dienone is 2. The first-order valence-corrected chi connectivity index (χ1v) is 5.12. The second kappa shape index (κ2) is 2.04. The molecule has 0 nitrogen and oxygen atoms in total. The van der Waals surface area contributed by atoms with Gasteiger partial charge in [0, 0.05) is 5.38 Å². The van der Waals surface area contributed by atoms with Crippen molar-refractivity contribution in [1.82, 2.24) is 0 Å². The van der Waals surface area contributed by atoms with Crippen molar-refractivity contribution >= 4 is 11.6 Å². The van der Waals surface area contributed by atoms with Crippen molar-refractivity contribution in [1.29, 1.82) is 0 Å². The van der Waals surface area contributed by atoms with Gasteiger partial charge in [-0.15, -0.1) is 11.6 Å². The molecule has 60 valence electrons. The zero-order valence-electron chi connectivity index (χ0n) is 6.54. The molecule has 3 aliphatic carbocycles. The molecule has 0 spiro atoms. The molecule has 0 unspecified atom stereocenters. The van der Waals surface area contributed by atoms with E-state index in [0.717, 1.165) is 23.7 Å². The van der Waals surface area contributed by atoms with Gasteiger partial charge in [0.2, 0.25) is 0 Å². The predicted octanol–water partition coefficient (Wildman–Crippen LogP) is 2.83. The minimum absolute atomic E-state index is 0.500. The first-order valence-electron chi connectivity index (χ1n) is 4.68. The maximum absolute atomic E-state index is 6.27. The Balaban J connectivity index is 1.97. The van der Waals surface area contributed by atoms with Crippen LogP contribution in [0.3, 0.4) is 0 Å². The van der Waals surface area contributed by atoms with Crippen molar-refractivity contribution in [2.45, 2.75) is 24.6 Å². The Bertz CT molecular complexity index is 209. The molecule has 0 amide bonds. The molecule has 0 aromatic rings. The summed E-state index contributed by atoms with van der Waals surface area (Å²) in [5.41, 5.74) is 0. The van der Waals surface area contributed by atoms with Crippen molar-refractivity contribution in [2.75, 3.05) is 0 Å². The van der Waals surface area contributed by atoms with E-state index in [4.69, 9.17) is 11.6 Å². The molecule has 0 aliphatic heterocycles. The number of hydrogen-bond acceptors (Lipinski definition) is 0. The second-order valence-electron chi connectivity index (χ2n) is 4.28. The molecule has 0 N–H and O–H groups in total. The molecular formula is C10H13Cl. The third kappa shape index (κ3) is 0.717. The van der Waals surface area contributed by atoms with Gasteiger partial charge in [-0.3, -0.25) is 0 Å². The van der Waals surface area contributed by atoms with Gasteiger partial charge in [-0.2, -0.15) is 0 Å². The quantitative estimate of drug-likeness (QED) is 0.386. The summed E-state index contributed by atoms with van der Waals surface area (Å²) in [6.45, 7) is 0. The van der Waals surface area contributed by atoms with E-state index in [1.807, 2.05) is 0 Å². The maximum Gasteiger partial charge on any atom is 0.0372 e. The maximum atomic E-state index is 6.27. The SMILES string of the molecule is Cl[C@@H]1CC[C@@H]2[C@H]1[C@H]1C=C[C@H]2C1. The van der Waals surface area contributed by atoms with Gasteiger partial charge in [-0.25, -0.2) is 0 Å². The van der Waals surface area contributed by atoms with Gasteiger partial charge in [0.25, 0.3) is 0 Å². The zero-order valence-corrected chi connectivity index (χ0v) is 7.30. The van der Waals surface area contributed by atoms with Crippen LogP contribution in [-0.4, -0.2) is 5.38 Å². The van der Waals surface area contributed by atoms with E-state index in [2.05, 4.69) is 12.2 Å². The van der Waals surface area contributed by atoms with Crippen LogP contribution in [0.25, 0.3) is 0 Å². The van der Waals surface area contributed by atoms with Crippen molar-refractivity contribution in [3.8, 4) is 0 Å². The van der Waals surface area contributed by atoms with Crippen LogP contribution in [0.5, 0.6) is 0 Å². The number of hydrogen-bond donors (Lipinski definition) is 0. The van der Waals surface area contributed by atoms with Crippen LogP contribution >= 0.6 is 11.6 Å². The number of fused-ring (bicyclic) bond motifs is 5. The first kappa shape index (κ1) is 6.54. The van der Waals surface area contributed by atoms with Crippen LogP contribution in [0.2, 0.25) is 0 Å². The average molecular weight is 169 g/mol. The molecular weight excluding hydrogens is 156 g/mol. The van der Waals surface area contributed by atoms with Gasteiger partial charge in [-0.1, -0.05) is 12.2 Å². The van der Waals surface area contributed by atoms with E-state index in [0.29, 0.717) is 5.38 Å². The number of rotatable bonds is 0. The molecule has 3 aliphatic rings. The van der Waals surface area contributed by atoms with Crippen LogP contribution in [0, 0.1) is 23.7 Å². The van der Waals surface area contributed by atoms with Crippen molar-refractivity contribution < 1.29 is 0 Å². The second-order valence-corrected chi connectivity index (χ2v) is 4.84. The molecule has 0 aromatic heterocycles. The average Bonchev–Trinajstić information content (AvgIpc) is 2.60. The lowest BCUT2D eigenvalue weighted by Crippen LogP contribution is -2.19. The highest BCUT2D eigenvalue weighted by Crippen LogP contribution is 2.56. The molecule has 0 aromatic carbocycles. The summed E-state index contributed by atoms with van der Waals surface area (Å²) in [7, 11) is 0. The lowest BCUT2D eigenvalue weighted by atomic mass is 9.86. The number of halogens is 1. The highest BCUT2D eigenvalue weighted by molar-refractivity contribution is 6.21. The van der Waals surface area contributed by atoms with Crippen LogP contribution in [-0.2, 0) is 0 Å². The summed E-state index contributed by atoms with van der Waals surface area (Å²) in [5, 5.41) is 0.500. The minimum Gasteiger partial charge on any atom is -0.123 e. The van der Waals surface area contributed by atoms with Gasteiger partial charge < -0.3 is 0 Å². The monoisotopic (exact) mass is 168 g/mol. The van der Waals surface area contributed by atoms with Crippen molar-refractivity contribution in [3.63, 3.8) is 0 Å². The molecule has 1 heteroatoms. The van der Waals surface area contributed by atoms with Gasteiger partial charge in [0.15, 0.2) is 0 Å². The summed E-state index contributed by atoms with van der Waals surface area (Å²) in [6.07, 6.45) is 8.92. The van der Waals surface area contributed by atoms with Crippen LogP contribution in [0.15, 0.2) is 12.2 Å². The third-order valence-electron chi connectivity index (χ3n) is 3.88. The van der Waals surface area contributed by atoms with E-state index in [9.17, 15) is 0 Å². The molecule has 2 bridgehead atoms. The lowest BCUT2D eigenvalue weighted by molar-refractivity contribution is 0.367. The van der Waals surface area contributed by atoms with Gasteiger partial charge in [0.05, 0.1) is 0 Å². The van der Waals surface area contributed by atoms with E-state index >= 15 is 0 Å². The summed E-state index contributed by atoms with van der Waals surface area (Å²) >= 11 is 6.27. The molecule has 3 rings (SSSR count). The van der Waals surface area contributed by atoms with Crippen molar-refractivity contribution in [2.24, 2.45) is 23.7 Å². The van der Waals surface area contributed by atoms with Crippen LogP contribution in [0.1, 0.15) is 19.3 Å². The summed E-state index contributed by atoms with van der Waals surface area (Å²) in [6, 6.07) is 0. The van der Waals surface area contributed by atoms with Crippen LogP contribution < -0.4 is 0 Å².